The van der Waals surface area contributed by atoms with Gasteiger partial charge in [0.1, 0.15) is 0 Å². The van der Waals surface area contributed by atoms with Crippen LogP contribution in [-0.2, 0) is 9.84 Å². The summed E-state index contributed by atoms with van der Waals surface area (Å²) in [5, 5.41) is -3.34. The zero-order chi connectivity index (χ0) is 14.9. The molecular formula is C10H14F6O2S. The van der Waals surface area contributed by atoms with Gasteiger partial charge in [0, 0.05) is 0 Å². The number of rotatable bonds is 3. The second-order valence-electron chi connectivity index (χ2n) is 4.76. The molecule has 9 heteroatoms. The van der Waals surface area contributed by atoms with Gasteiger partial charge in [-0.25, -0.2) is 8.42 Å². The molecule has 19 heavy (non-hydrogen) atoms. The van der Waals surface area contributed by atoms with Crippen LogP contribution in [0.3, 0.4) is 0 Å². The van der Waals surface area contributed by atoms with Crippen molar-refractivity contribution in [1.82, 2.24) is 0 Å². The summed E-state index contributed by atoms with van der Waals surface area (Å²) < 4.78 is 96.8. The van der Waals surface area contributed by atoms with Gasteiger partial charge in [0.15, 0.2) is 5.25 Å². The lowest BCUT2D eigenvalue weighted by Crippen LogP contribution is -2.45. The van der Waals surface area contributed by atoms with E-state index in [9.17, 15) is 34.8 Å². The Morgan fingerprint density at radius 2 is 1.42 bits per heavy atom. The zero-order valence-corrected chi connectivity index (χ0v) is 10.7. The van der Waals surface area contributed by atoms with Gasteiger partial charge in [-0.1, -0.05) is 32.1 Å². The first-order valence-corrected chi connectivity index (χ1v) is 7.38. The van der Waals surface area contributed by atoms with Crippen molar-refractivity contribution in [2.24, 2.45) is 5.92 Å². The van der Waals surface area contributed by atoms with Gasteiger partial charge in [-0.15, -0.1) is 0 Å². The Morgan fingerprint density at radius 3 is 1.79 bits per heavy atom. The van der Waals surface area contributed by atoms with Crippen LogP contribution in [0.1, 0.15) is 38.5 Å². The quantitative estimate of drug-likeness (QED) is 0.742. The monoisotopic (exact) mass is 312 g/mol. The molecule has 0 bridgehead atoms. The SMILES string of the molecule is O=S(=O)(C(CC1CCCCC1)C(F)(F)F)C(F)(F)F. The van der Waals surface area contributed by atoms with E-state index >= 15 is 0 Å². The smallest absolute Gasteiger partial charge is 0.219 e. The summed E-state index contributed by atoms with van der Waals surface area (Å²) in [4.78, 5) is 0. The van der Waals surface area contributed by atoms with E-state index in [1.165, 1.54) is 0 Å². The van der Waals surface area contributed by atoms with Gasteiger partial charge < -0.3 is 0 Å². The highest BCUT2D eigenvalue weighted by Gasteiger charge is 2.60. The van der Waals surface area contributed by atoms with E-state index in [1.54, 1.807) is 0 Å². The van der Waals surface area contributed by atoms with Gasteiger partial charge in [0.25, 0.3) is 9.84 Å². The molecule has 1 aliphatic carbocycles. The first kappa shape index (κ1) is 16.6. The predicted molar refractivity (Wildman–Crippen MR) is 56.0 cm³/mol. The number of hydrogen-bond acceptors (Lipinski definition) is 2. The fourth-order valence-electron chi connectivity index (χ4n) is 2.32. The Bertz CT molecular complexity index is 391. The van der Waals surface area contributed by atoms with Crippen molar-refractivity contribution in [1.29, 1.82) is 0 Å². The summed E-state index contributed by atoms with van der Waals surface area (Å²) in [5.74, 6) is -0.613. The maximum absolute atomic E-state index is 12.6. The molecule has 0 radical (unpaired) electrons. The maximum atomic E-state index is 12.6. The molecule has 0 amide bonds. The number of sulfone groups is 1. The summed E-state index contributed by atoms with van der Waals surface area (Å²) in [6.45, 7) is 0. The van der Waals surface area contributed by atoms with E-state index in [1.807, 2.05) is 0 Å². The van der Waals surface area contributed by atoms with Crippen LogP contribution in [0.25, 0.3) is 0 Å². The van der Waals surface area contributed by atoms with Gasteiger partial charge in [-0.2, -0.15) is 26.3 Å². The van der Waals surface area contributed by atoms with Crippen LogP contribution in [0.5, 0.6) is 0 Å². The number of hydrogen-bond donors (Lipinski definition) is 0. The van der Waals surface area contributed by atoms with Crippen molar-refractivity contribution in [2.75, 3.05) is 0 Å². The third kappa shape index (κ3) is 4.00. The minimum atomic E-state index is -6.22. The van der Waals surface area contributed by atoms with Gasteiger partial charge in [-0.3, -0.25) is 0 Å². The fraction of sp³-hybridized carbons (Fsp3) is 1.00. The maximum Gasteiger partial charge on any atom is 0.498 e. The molecule has 0 aromatic rings. The summed E-state index contributed by atoms with van der Waals surface area (Å²) in [6.07, 6.45) is -3.63. The molecule has 1 aliphatic rings. The van der Waals surface area contributed by atoms with Crippen molar-refractivity contribution >= 4 is 9.84 Å². The molecule has 1 fully saturated rings. The zero-order valence-electron chi connectivity index (χ0n) is 9.89. The normalized spacial score (nSPS) is 21.4. The van der Waals surface area contributed by atoms with Crippen molar-refractivity contribution in [3.63, 3.8) is 0 Å². The molecule has 1 unspecified atom stereocenters. The molecule has 1 atom stereocenters. The van der Waals surface area contributed by atoms with Gasteiger partial charge in [0.05, 0.1) is 0 Å². The van der Waals surface area contributed by atoms with Crippen molar-refractivity contribution in [3.8, 4) is 0 Å². The molecule has 0 aromatic heterocycles. The van der Waals surface area contributed by atoms with Crippen LogP contribution in [0, 0.1) is 5.92 Å². The average Bonchev–Trinajstić information content (AvgIpc) is 2.24. The van der Waals surface area contributed by atoms with Crippen molar-refractivity contribution in [3.05, 3.63) is 0 Å². The third-order valence-corrected chi connectivity index (χ3v) is 5.19. The second kappa shape index (κ2) is 5.49. The van der Waals surface area contributed by atoms with Gasteiger partial charge in [0.2, 0.25) is 0 Å². The van der Waals surface area contributed by atoms with E-state index in [0.29, 0.717) is 25.7 Å². The highest BCUT2D eigenvalue weighted by atomic mass is 32.2. The van der Waals surface area contributed by atoms with E-state index < -0.39 is 39.1 Å². The van der Waals surface area contributed by atoms with Crippen LogP contribution >= 0.6 is 0 Å². The molecule has 1 saturated carbocycles. The highest BCUT2D eigenvalue weighted by molar-refractivity contribution is 7.92. The average molecular weight is 312 g/mol. The van der Waals surface area contributed by atoms with Crippen LogP contribution < -0.4 is 0 Å². The lowest BCUT2D eigenvalue weighted by molar-refractivity contribution is -0.138. The van der Waals surface area contributed by atoms with Crippen molar-refractivity contribution < 1.29 is 34.8 Å². The minimum Gasteiger partial charge on any atom is -0.219 e. The molecule has 0 spiro atoms. The standard InChI is InChI=1S/C10H14F6O2S/c11-9(12,13)8(19(17,18)10(14,15)16)6-7-4-2-1-3-5-7/h7-8H,1-6H2. The molecule has 0 N–H and O–H groups in total. The molecule has 0 aliphatic heterocycles. The predicted octanol–water partition coefficient (Wildman–Crippen LogP) is 3.82. The molecular weight excluding hydrogens is 298 g/mol. The van der Waals surface area contributed by atoms with E-state index in [0.717, 1.165) is 6.42 Å². The van der Waals surface area contributed by atoms with E-state index in [2.05, 4.69) is 0 Å². The van der Waals surface area contributed by atoms with Crippen LogP contribution in [-0.4, -0.2) is 25.4 Å². The lowest BCUT2D eigenvalue weighted by atomic mass is 9.86. The Hall–Kier alpha value is -0.470. The minimum absolute atomic E-state index is 0.347. The van der Waals surface area contributed by atoms with Crippen molar-refractivity contribution in [2.45, 2.75) is 55.5 Å². The Morgan fingerprint density at radius 1 is 0.947 bits per heavy atom. The number of halogens is 6. The first-order valence-electron chi connectivity index (χ1n) is 5.83. The molecule has 2 nitrogen and oxygen atoms in total. The largest absolute Gasteiger partial charge is 0.498 e. The Kier molecular flexibility index (Phi) is 4.79. The first-order chi connectivity index (χ1) is 8.46. The van der Waals surface area contributed by atoms with E-state index in [4.69, 9.17) is 0 Å². The molecule has 114 valence electrons. The van der Waals surface area contributed by atoms with Gasteiger partial charge in [-0.05, 0) is 12.3 Å². The Balaban J connectivity index is 2.96. The summed E-state index contributed by atoms with van der Waals surface area (Å²) >= 11 is 0. The van der Waals surface area contributed by atoms with Gasteiger partial charge >= 0.3 is 11.7 Å². The molecule has 0 heterocycles. The van der Waals surface area contributed by atoms with Crippen LogP contribution in [0.4, 0.5) is 26.3 Å². The Labute approximate surface area is 107 Å². The molecule has 1 rings (SSSR count). The van der Waals surface area contributed by atoms with Crippen LogP contribution in [0.2, 0.25) is 0 Å². The summed E-state index contributed by atoms with van der Waals surface area (Å²) in [5.41, 5.74) is -5.87. The highest BCUT2D eigenvalue weighted by Crippen LogP contribution is 2.41. The summed E-state index contributed by atoms with van der Waals surface area (Å²) in [7, 11) is -6.22. The van der Waals surface area contributed by atoms with E-state index in [-0.39, 0.29) is 0 Å². The topological polar surface area (TPSA) is 34.1 Å². The lowest BCUT2D eigenvalue weighted by Gasteiger charge is -2.28. The molecule has 0 aromatic carbocycles. The fourth-order valence-corrected chi connectivity index (χ4v) is 3.52. The third-order valence-electron chi connectivity index (χ3n) is 3.33. The van der Waals surface area contributed by atoms with Crippen LogP contribution in [0.15, 0.2) is 0 Å². The second-order valence-corrected chi connectivity index (χ2v) is 6.88. The number of alkyl halides is 6. The molecule has 0 saturated heterocycles. The summed E-state index contributed by atoms with van der Waals surface area (Å²) in [6, 6.07) is 0.